The Morgan fingerprint density at radius 1 is 1.31 bits per heavy atom. The highest BCUT2D eigenvalue weighted by Gasteiger charge is 2.44. The number of piperidine rings is 1. The third kappa shape index (κ3) is 2.60. The molecule has 0 bridgehead atoms. The predicted octanol–water partition coefficient (Wildman–Crippen LogP) is 3.59. The Labute approximate surface area is 168 Å². The summed E-state index contributed by atoms with van der Waals surface area (Å²) in [4.78, 5) is 17.1. The third-order valence-electron chi connectivity index (χ3n) is 6.50. The van der Waals surface area contributed by atoms with Gasteiger partial charge in [-0.3, -0.25) is 9.48 Å². The van der Waals surface area contributed by atoms with E-state index in [1.807, 2.05) is 48.9 Å². The van der Waals surface area contributed by atoms with Crippen LogP contribution in [0.5, 0.6) is 0 Å². The quantitative estimate of drug-likeness (QED) is 0.713. The van der Waals surface area contributed by atoms with E-state index in [0.717, 1.165) is 34.3 Å². The highest BCUT2D eigenvalue weighted by molar-refractivity contribution is 6.08. The van der Waals surface area contributed by atoms with E-state index in [0.29, 0.717) is 25.2 Å². The first-order chi connectivity index (χ1) is 14.0. The topological polar surface area (TPSA) is 71.8 Å². The van der Waals surface area contributed by atoms with Crippen LogP contribution in [0.3, 0.4) is 0 Å². The number of pyridine rings is 1. The lowest BCUT2D eigenvalue weighted by molar-refractivity contribution is -0.120. The molecule has 3 aromatic rings. The van der Waals surface area contributed by atoms with Crippen LogP contribution in [-0.2, 0) is 10.2 Å². The second-order valence-corrected chi connectivity index (χ2v) is 8.11. The van der Waals surface area contributed by atoms with Crippen LogP contribution in [0, 0.1) is 0 Å². The highest BCUT2D eigenvalue weighted by Crippen LogP contribution is 2.45. The molecule has 7 heteroatoms. The number of rotatable bonds is 3. The van der Waals surface area contributed by atoms with Crippen molar-refractivity contribution in [2.24, 2.45) is 0 Å². The molecule has 0 aliphatic carbocycles. The van der Waals surface area contributed by atoms with Gasteiger partial charge < -0.3 is 10.6 Å². The number of aromatic nitrogens is 3. The second-order valence-electron chi connectivity index (χ2n) is 8.11. The lowest BCUT2D eigenvalue weighted by Gasteiger charge is -2.27. The summed E-state index contributed by atoms with van der Waals surface area (Å²) < 4.78 is 16.6. The summed E-state index contributed by atoms with van der Waals surface area (Å²) >= 11 is 0. The maximum Gasteiger partial charge on any atom is 0.236 e. The molecular weight excluding hydrogens is 369 g/mol. The van der Waals surface area contributed by atoms with Gasteiger partial charge in [0.1, 0.15) is 17.7 Å². The van der Waals surface area contributed by atoms with Gasteiger partial charge in [0.05, 0.1) is 17.0 Å². The van der Waals surface area contributed by atoms with Gasteiger partial charge in [0.2, 0.25) is 5.91 Å². The normalized spacial score (nSPS) is 26.5. The summed E-state index contributed by atoms with van der Waals surface area (Å²) in [5.41, 5.74) is 2.79. The molecule has 5 rings (SSSR count). The number of alkyl halides is 1. The molecular formula is C22H24FN5O. The standard InChI is InChI=1S/C22H24FN5O/c1-3-22(2)18-14(8-11-25-20(18)26-21(22)29)19-13-6-4-5-7-16(13)28(27-19)17-9-10-24-12-15(17)23/h4-8,11,15,17,24H,3,9-10,12H2,1-2H3,(H,25,26,29)/t15-,17+,22-/m1/s1. The number of benzene rings is 1. The number of fused-ring (bicyclic) bond motifs is 2. The summed E-state index contributed by atoms with van der Waals surface area (Å²) in [6, 6.07) is 9.55. The summed E-state index contributed by atoms with van der Waals surface area (Å²) in [7, 11) is 0. The number of nitrogens with one attached hydrogen (secondary N) is 2. The lowest BCUT2D eigenvalue weighted by atomic mass is 9.79. The van der Waals surface area contributed by atoms with E-state index in [2.05, 4.69) is 15.6 Å². The molecule has 1 amide bonds. The van der Waals surface area contributed by atoms with Gasteiger partial charge in [0.25, 0.3) is 0 Å². The van der Waals surface area contributed by atoms with Crippen molar-refractivity contribution < 1.29 is 9.18 Å². The smallest absolute Gasteiger partial charge is 0.236 e. The largest absolute Gasteiger partial charge is 0.314 e. The van der Waals surface area contributed by atoms with Gasteiger partial charge in [0.15, 0.2) is 0 Å². The Morgan fingerprint density at radius 2 is 2.14 bits per heavy atom. The molecule has 2 aliphatic rings. The van der Waals surface area contributed by atoms with Crippen LogP contribution in [0.1, 0.15) is 38.3 Å². The van der Waals surface area contributed by atoms with Crippen molar-refractivity contribution in [2.45, 2.75) is 44.3 Å². The SMILES string of the molecule is CC[C@@]1(C)C(=O)Nc2nccc(-c3nn([C@H]4CCNC[C@H]4F)c4ccccc34)c21. The van der Waals surface area contributed by atoms with E-state index < -0.39 is 11.6 Å². The molecule has 2 N–H and O–H groups in total. The molecule has 29 heavy (non-hydrogen) atoms. The van der Waals surface area contributed by atoms with E-state index in [9.17, 15) is 9.18 Å². The minimum atomic E-state index is -0.993. The van der Waals surface area contributed by atoms with Gasteiger partial charge in [-0.25, -0.2) is 9.37 Å². The average Bonchev–Trinajstić information content (AvgIpc) is 3.24. The zero-order chi connectivity index (χ0) is 20.2. The molecule has 4 heterocycles. The summed E-state index contributed by atoms with van der Waals surface area (Å²) in [6.07, 6.45) is 2.05. The number of carbonyl (C=O) groups is 1. The summed E-state index contributed by atoms with van der Waals surface area (Å²) in [6.45, 7) is 5.06. The predicted molar refractivity (Wildman–Crippen MR) is 111 cm³/mol. The molecule has 0 spiro atoms. The molecule has 150 valence electrons. The van der Waals surface area contributed by atoms with Gasteiger partial charge in [-0.1, -0.05) is 25.1 Å². The van der Waals surface area contributed by atoms with Gasteiger partial charge in [-0.05, 0) is 38.4 Å². The van der Waals surface area contributed by atoms with Crippen molar-refractivity contribution in [2.75, 3.05) is 18.4 Å². The van der Waals surface area contributed by atoms with Gasteiger partial charge in [0, 0.05) is 29.3 Å². The van der Waals surface area contributed by atoms with Crippen molar-refractivity contribution in [1.29, 1.82) is 0 Å². The van der Waals surface area contributed by atoms with E-state index in [1.54, 1.807) is 6.20 Å². The molecule has 6 nitrogen and oxygen atoms in total. The first kappa shape index (κ1) is 18.2. The molecule has 0 unspecified atom stereocenters. The molecule has 0 radical (unpaired) electrons. The molecule has 3 atom stereocenters. The Balaban J connectivity index is 1.75. The number of nitrogens with zero attached hydrogens (tertiary/aromatic N) is 3. The van der Waals surface area contributed by atoms with Crippen LogP contribution >= 0.6 is 0 Å². The maximum atomic E-state index is 14.7. The fourth-order valence-electron chi connectivity index (χ4n) is 4.63. The van der Waals surface area contributed by atoms with E-state index >= 15 is 0 Å². The Morgan fingerprint density at radius 3 is 2.93 bits per heavy atom. The lowest BCUT2D eigenvalue weighted by Crippen LogP contribution is -2.39. The van der Waals surface area contributed by atoms with E-state index in [1.165, 1.54) is 0 Å². The molecule has 2 aromatic heterocycles. The Kier molecular flexibility index (Phi) is 4.17. The molecule has 1 fully saturated rings. The van der Waals surface area contributed by atoms with Gasteiger partial charge >= 0.3 is 0 Å². The van der Waals surface area contributed by atoms with Crippen molar-refractivity contribution in [3.05, 3.63) is 42.1 Å². The van der Waals surface area contributed by atoms with Crippen LogP contribution in [0.2, 0.25) is 0 Å². The molecule has 2 aliphatic heterocycles. The van der Waals surface area contributed by atoms with Crippen LogP contribution in [0.25, 0.3) is 22.2 Å². The number of para-hydroxylation sites is 1. The van der Waals surface area contributed by atoms with Crippen molar-refractivity contribution in [3.8, 4) is 11.3 Å². The first-order valence-corrected chi connectivity index (χ1v) is 10.2. The van der Waals surface area contributed by atoms with Gasteiger partial charge in [-0.15, -0.1) is 0 Å². The number of hydrogen-bond donors (Lipinski definition) is 2. The first-order valence-electron chi connectivity index (χ1n) is 10.2. The summed E-state index contributed by atoms with van der Waals surface area (Å²) in [5.74, 6) is 0.557. The third-order valence-corrected chi connectivity index (χ3v) is 6.50. The number of anilines is 1. The van der Waals surface area contributed by atoms with Crippen molar-refractivity contribution in [3.63, 3.8) is 0 Å². The fourth-order valence-corrected chi connectivity index (χ4v) is 4.63. The average molecular weight is 393 g/mol. The minimum absolute atomic E-state index is 0.0409. The molecule has 1 saturated heterocycles. The fraction of sp³-hybridized carbons (Fsp3) is 0.409. The van der Waals surface area contributed by atoms with Crippen LogP contribution in [0.4, 0.5) is 10.2 Å². The number of amides is 1. The maximum absolute atomic E-state index is 14.7. The van der Waals surface area contributed by atoms with Crippen molar-refractivity contribution in [1.82, 2.24) is 20.1 Å². The zero-order valence-corrected chi connectivity index (χ0v) is 16.6. The van der Waals surface area contributed by atoms with Gasteiger partial charge in [-0.2, -0.15) is 5.10 Å². The second kappa shape index (κ2) is 6.62. The molecule has 0 saturated carbocycles. The van der Waals surface area contributed by atoms with Crippen LogP contribution < -0.4 is 10.6 Å². The minimum Gasteiger partial charge on any atom is -0.314 e. The van der Waals surface area contributed by atoms with Crippen LogP contribution in [0.15, 0.2) is 36.5 Å². The number of hydrogen-bond acceptors (Lipinski definition) is 4. The monoisotopic (exact) mass is 393 g/mol. The summed E-state index contributed by atoms with van der Waals surface area (Å²) in [5, 5.41) is 11.9. The molecule has 1 aromatic carbocycles. The van der Waals surface area contributed by atoms with Crippen molar-refractivity contribution >= 4 is 22.6 Å². The Bertz CT molecular complexity index is 1110. The van der Waals surface area contributed by atoms with Crippen LogP contribution in [-0.4, -0.2) is 39.9 Å². The van der Waals surface area contributed by atoms with E-state index in [-0.39, 0.29) is 11.9 Å². The highest BCUT2D eigenvalue weighted by atomic mass is 19.1. The van der Waals surface area contributed by atoms with E-state index in [4.69, 9.17) is 5.10 Å². The number of carbonyl (C=O) groups excluding carboxylic acids is 1. The zero-order valence-electron chi connectivity index (χ0n) is 16.6. The Hall–Kier alpha value is -2.80. The number of halogens is 1.